The summed E-state index contributed by atoms with van der Waals surface area (Å²) in [5.74, 6) is 1.64. The zero-order valence-corrected chi connectivity index (χ0v) is 23.9. The first-order chi connectivity index (χ1) is 16.3. The molecule has 8 heteroatoms. The van der Waals surface area contributed by atoms with Gasteiger partial charge in [-0.15, -0.1) is 0 Å². The summed E-state index contributed by atoms with van der Waals surface area (Å²) in [7, 11) is -2.97. The first kappa shape index (κ1) is 26.8. The third-order valence-electron chi connectivity index (χ3n) is 6.14. The fraction of sp³-hybridized carbons (Fsp3) is 0.556. The molecule has 2 saturated heterocycles. The lowest BCUT2D eigenvalue weighted by molar-refractivity contribution is -0.0673. The maximum absolute atomic E-state index is 6.20. The van der Waals surface area contributed by atoms with Crippen LogP contribution in [-0.2, 0) is 28.9 Å². The van der Waals surface area contributed by atoms with Crippen molar-refractivity contribution in [3.63, 3.8) is 0 Å². The van der Waals surface area contributed by atoms with E-state index in [1.165, 1.54) is 0 Å². The summed E-state index contributed by atoms with van der Waals surface area (Å²) in [6.45, 7) is 19.0. The Bertz CT molecular complexity index is 940. The third kappa shape index (κ3) is 6.55. The first-order valence-electron chi connectivity index (χ1n) is 12.0. The number of rotatable bonds is 4. The van der Waals surface area contributed by atoms with Crippen LogP contribution in [0.4, 0.5) is 0 Å². The molecule has 0 aliphatic carbocycles. The van der Waals surface area contributed by atoms with E-state index in [1.807, 2.05) is 0 Å². The Hall–Kier alpha value is -1.26. The summed E-state index contributed by atoms with van der Waals surface area (Å²) < 4.78 is 36.6. The molecule has 0 saturated carbocycles. The van der Waals surface area contributed by atoms with Crippen molar-refractivity contribution < 1.29 is 27.1 Å². The summed E-state index contributed by atoms with van der Waals surface area (Å²) in [5.41, 5.74) is 4.11. The Morgan fingerprint density at radius 2 is 0.971 bits per heavy atom. The van der Waals surface area contributed by atoms with E-state index in [0.717, 1.165) is 33.8 Å². The highest BCUT2D eigenvalue weighted by molar-refractivity contribution is 7.42. The summed E-state index contributed by atoms with van der Waals surface area (Å²) in [5, 5.41) is 0. The zero-order chi connectivity index (χ0) is 25.4. The van der Waals surface area contributed by atoms with E-state index in [4.69, 9.17) is 27.1 Å². The molecule has 2 fully saturated rings. The quantitative estimate of drug-likeness (QED) is 0.382. The van der Waals surface area contributed by atoms with E-state index in [2.05, 4.69) is 91.8 Å². The van der Waals surface area contributed by atoms with Crippen LogP contribution in [0.25, 0.3) is 0 Å². The normalized spacial score (nSPS) is 25.5. The fourth-order valence-electron chi connectivity index (χ4n) is 4.00. The minimum absolute atomic E-state index is 0.0399. The Kier molecular flexibility index (Phi) is 7.84. The third-order valence-corrected chi connectivity index (χ3v) is 8.19. The Labute approximate surface area is 212 Å². The van der Waals surface area contributed by atoms with Crippen LogP contribution in [0.3, 0.4) is 0 Å². The van der Waals surface area contributed by atoms with Gasteiger partial charge in [-0.05, 0) is 47.9 Å². The average Bonchev–Trinajstić information content (AvgIpc) is 2.76. The zero-order valence-electron chi connectivity index (χ0n) is 22.1. The lowest BCUT2D eigenvalue weighted by Gasteiger charge is -2.41. The topological polar surface area (TPSA) is 55.4 Å². The second kappa shape index (κ2) is 10.2. The lowest BCUT2D eigenvalue weighted by atomic mass is 9.86. The molecule has 2 heterocycles. The van der Waals surface area contributed by atoms with Gasteiger partial charge in [0, 0.05) is 11.1 Å². The summed E-state index contributed by atoms with van der Waals surface area (Å²) >= 11 is 0. The second-order valence-corrected chi connectivity index (χ2v) is 14.0. The van der Waals surface area contributed by atoms with Crippen LogP contribution in [-0.4, -0.2) is 26.4 Å². The van der Waals surface area contributed by atoms with E-state index in [9.17, 15) is 0 Å². The minimum atomic E-state index is -1.48. The van der Waals surface area contributed by atoms with Gasteiger partial charge in [0.1, 0.15) is 11.5 Å². The maximum atomic E-state index is 6.20. The fourth-order valence-corrected chi connectivity index (χ4v) is 6.50. The predicted octanol–water partition coefficient (Wildman–Crippen LogP) is 7.89. The van der Waals surface area contributed by atoms with Gasteiger partial charge in [-0.2, -0.15) is 0 Å². The van der Waals surface area contributed by atoms with Crippen LogP contribution in [0.2, 0.25) is 0 Å². The molecule has 0 radical (unpaired) electrons. The average molecular weight is 521 g/mol. The molecule has 2 aliphatic heterocycles. The molecule has 0 amide bonds. The van der Waals surface area contributed by atoms with Crippen LogP contribution < -0.4 is 9.05 Å². The Morgan fingerprint density at radius 3 is 1.29 bits per heavy atom. The molecule has 2 aromatic rings. The van der Waals surface area contributed by atoms with Gasteiger partial charge in [-0.3, -0.25) is 0 Å². The van der Waals surface area contributed by atoms with E-state index >= 15 is 0 Å². The molecule has 0 atom stereocenters. The van der Waals surface area contributed by atoms with Gasteiger partial charge in [0.25, 0.3) is 0 Å². The number of hydrogen-bond acceptors (Lipinski definition) is 6. The van der Waals surface area contributed by atoms with Crippen molar-refractivity contribution in [3.8, 4) is 11.5 Å². The SMILES string of the molecule is Cc1ccc(C(C)(C)C)c(OP2OCC3(CO2)COP(Oc2cc(C)ccc2C(C)(C)C)OC3)c1. The molecule has 0 aromatic heterocycles. The van der Waals surface area contributed by atoms with Crippen LogP contribution in [0, 0.1) is 19.3 Å². The van der Waals surface area contributed by atoms with E-state index in [-0.39, 0.29) is 16.2 Å². The van der Waals surface area contributed by atoms with Gasteiger partial charge in [0.15, 0.2) is 0 Å². The van der Waals surface area contributed by atoms with E-state index in [1.54, 1.807) is 0 Å². The molecule has 0 N–H and O–H groups in total. The molecule has 1 spiro atoms. The van der Waals surface area contributed by atoms with Crippen molar-refractivity contribution in [1.29, 1.82) is 0 Å². The molecular formula is C27H38O6P2. The number of aryl methyl sites for hydroxylation is 2. The van der Waals surface area contributed by atoms with Crippen LogP contribution in [0.1, 0.15) is 63.8 Å². The standard InChI is InChI=1S/C27H38O6P2/c1-19-9-11-21(25(3,4)5)23(13-19)32-34-28-15-27(16-29-34)17-30-35(31-18-27)33-24-14-20(2)10-12-22(24)26(6,7)8/h9-14H,15-18H2,1-8H3. The van der Waals surface area contributed by atoms with Gasteiger partial charge in [0.05, 0.1) is 31.8 Å². The first-order valence-corrected chi connectivity index (χ1v) is 14.2. The summed E-state index contributed by atoms with van der Waals surface area (Å²) in [6, 6.07) is 12.6. The Morgan fingerprint density at radius 1 is 0.629 bits per heavy atom. The largest absolute Gasteiger partial charge is 0.426 e. The van der Waals surface area contributed by atoms with Crippen molar-refractivity contribution in [2.45, 2.75) is 66.2 Å². The van der Waals surface area contributed by atoms with E-state index in [0.29, 0.717) is 26.4 Å². The summed E-state index contributed by atoms with van der Waals surface area (Å²) in [4.78, 5) is 0. The monoisotopic (exact) mass is 520 g/mol. The number of benzene rings is 2. The van der Waals surface area contributed by atoms with Gasteiger partial charge in [-0.25, -0.2) is 0 Å². The lowest BCUT2D eigenvalue weighted by Crippen LogP contribution is -2.45. The number of hydrogen-bond donors (Lipinski definition) is 0. The van der Waals surface area contributed by atoms with Gasteiger partial charge < -0.3 is 27.1 Å². The van der Waals surface area contributed by atoms with Crippen molar-refractivity contribution in [1.82, 2.24) is 0 Å². The van der Waals surface area contributed by atoms with Crippen molar-refractivity contribution in [2.75, 3.05) is 26.4 Å². The van der Waals surface area contributed by atoms with Gasteiger partial charge in [0.2, 0.25) is 0 Å². The molecule has 0 bridgehead atoms. The molecule has 35 heavy (non-hydrogen) atoms. The van der Waals surface area contributed by atoms with Crippen LogP contribution in [0.15, 0.2) is 36.4 Å². The highest BCUT2D eigenvalue weighted by Crippen LogP contribution is 2.54. The van der Waals surface area contributed by atoms with Gasteiger partial charge in [-0.1, -0.05) is 65.8 Å². The molecule has 6 nitrogen and oxygen atoms in total. The molecule has 0 unspecified atom stereocenters. The summed E-state index contributed by atoms with van der Waals surface area (Å²) in [6.07, 6.45) is 0. The Balaban J connectivity index is 1.34. The molecule has 192 valence electrons. The van der Waals surface area contributed by atoms with E-state index < -0.39 is 17.2 Å². The predicted molar refractivity (Wildman–Crippen MR) is 141 cm³/mol. The molecular weight excluding hydrogens is 482 g/mol. The molecule has 4 rings (SSSR count). The highest BCUT2D eigenvalue weighted by atomic mass is 31.2. The minimum Gasteiger partial charge on any atom is -0.426 e. The molecule has 2 aliphatic rings. The van der Waals surface area contributed by atoms with Crippen LogP contribution in [0.5, 0.6) is 11.5 Å². The van der Waals surface area contributed by atoms with Crippen molar-refractivity contribution >= 4 is 17.2 Å². The highest BCUT2D eigenvalue weighted by Gasteiger charge is 2.45. The van der Waals surface area contributed by atoms with Crippen molar-refractivity contribution in [2.24, 2.45) is 5.41 Å². The second-order valence-electron chi connectivity index (χ2n) is 11.7. The van der Waals surface area contributed by atoms with Crippen molar-refractivity contribution in [3.05, 3.63) is 58.7 Å². The molecule has 2 aromatic carbocycles. The maximum Gasteiger partial charge on any atom is 0.397 e. The van der Waals surface area contributed by atoms with Gasteiger partial charge >= 0.3 is 17.2 Å². The smallest absolute Gasteiger partial charge is 0.397 e. The van der Waals surface area contributed by atoms with Crippen LogP contribution >= 0.6 is 17.2 Å².